The lowest BCUT2D eigenvalue weighted by molar-refractivity contribution is 0.313. The van der Waals surface area contributed by atoms with Crippen molar-refractivity contribution < 1.29 is 4.74 Å². The van der Waals surface area contributed by atoms with Gasteiger partial charge in [0.25, 0.3) is 0 Å². The molecule has 0 unspecified atom stereocenters. The summed E-state index contributed by atoms with van der Waals surface area (Å²) < 4.78 is 7.63. The molecule has 142 valence electrons. The summed E-state index contributed by atoms with van der Waals surface area (Å²) in [5.41, 5.74) is 9.74. The van der Waals surface area contributed by atoms with Crippen molar-refractivity contribution in [2.24, 2.45) is 7.05 Å². The van der Waals surface area contributed by atoms with Gasteiger partial charge >= 0.3 is 0 Å². The number of anilines is 2. The summed E-state index contributed by atoms with van der Waals surface area (Å²) in [4.78, 5) is 8.62. The van der Waals surface area contributed by atoms with Crippen LogP contribution in [0.1, 0.15) is 24.6 Å². The monoisotopic (exact) mass is 366 g/mol. The summed E-state index contributed by atoms with van der Waals surface area (Å²) in [7, 11) is 1.91. The van der Waals surface area contributed by atoms with E-state index in [2.05, 4.69) is 27.3 Å². The minimum atomic E-state index is 0.241. The molecule has 0 aliphatic heterocycles. The van der Waals surface area contributed by atoms with Crippen LogP contribution >= 0.6 is 0 Å². The van der Waals surface area contributed by atoms with Crippen LogP contribution in [0.4, 0.5) is 11.8 Å². The van der Waals surface area contributed by atoms with Crippen LogP contribution in [0.25, 0.3) is 11.4 Å². The van der Waals surface area contributed by atoms with Gasteiger partial charge in [-0.2, -0.15) is 10.1 Å². The third-order valence-corrected chi connectivity index (χ3v) is 4.28. The molecule has 7 nitrogen and oxygen atoms in total. The first-order valence-electron chi connectivity index (χ1n) is 9.17. The molecule has 1 aromatic carbocycles. The van der Waals surface area contributed by atoms with Crippen LogP contribution in [-0.4, -0.2) is 32.9 Å². The van der Waals surface area contributed by atoms with Crippen molar-refractivity contribution in [2.75, 3.05) is 24.2 Å². The number of nitrogens with two attached hydrogens (primary N) is 1. The molecule has 0 fully saturated rings. The number of benzene rings is 1. The molecule has 0 bridgehead atoms. The maximum atomic E-state index is 5.89. The van der Waals surface area contributed by atoms with Gasteiger partial charge in [-0.15, -0.1) is 0 Å². The van der Waals surface area contributed by atoms with Crippen LogP contribution in [0.15, 0.2) is 36.4 Å². The van der Waals surface area contributed by atoms with Crippen LogP contribution in [0.5, 0.6) is 5.75 Å². The number of ether oxygens (including phenoxy) is 1. The molecule has 3 N–H and O–H groups in total. The molecule has 2 aromatic heterocycles. The SMILES string of the molecule is CCc1cc(-c2cc(NCCCOc3ccccc3C)nc(N)n2)n(C)n1. The maximum absolute atomic E-state index is 5.89. The first-order valence-corrected chi connectivity index (χ1v) is 9.17. The van der Waals surface area contributed by atoms with E-state index in [1.54, 1.807) is 0 Å². The smallest absolute Gasteiger partial charge is 0.222 e. The van der Waals surface area contributed by atoms with Crippen molar-refractivity contribution in [3.05, 3.63) is 47.7 Å². The molecule has 3 aromatic rings. The predicted octanol–water partition coefficient (Wildman–Crippen LogP) is 3.21. The molecular formula is C20H26N6O. The molecule has 0 amide bonds. The number of nitrogens with one attached hydrogen (secondary N) is 1. The van der Waals surface area contributed by atoms with Crippen molar-refractivity contribution >= 4 is 11.8 Å². The number of aromatic nitrogens is 4. The number of nitrogen functional groups attached to an aromatic ring is 1. The van der Waals surface area contributed by atoms with Crippen molar-refractivity contribution in [2.45, 2.75) is 26.7 Å². The second-order valence-corrected chi connectivity index (χ2v) is 6.39. The lowest BCUT2D eigenvalue weighted by Crippen LogP contribution is -2.10. The lowest BCUT2D eigenvalue weighted by atomic mass is 10.2. The molecule has 0 atom stereocenters. The summed E-state index contributed by atoms with van der Waals surface area (Å²) in [5, 5.41) is 7.76. The Morgan fingerprint density at radius 2 is 2.00 bits per heavy atom. The maximum Gasteiger partial charge on any atom is 0.222 e. The van der Waals surface area contributed by atoms with Gasteiger partial charge in [0, 0.05) is 19.7 Å². The fourth-order valence-corrected chi connectivity index (χ4v) is 2.82. The average molecular weight is 366 g/mol. The lowest BCUT2D eigenvalue weighted by Gasteiger charge is -2.10. The van der Waals surface area contributed by atoms with Crippen LogP contribution < -0.4 is 15.8 Å². The van der Waals surface area contributed by atoms with Gasteiger partial charge in [-0.3, -0.25) is 4.68 Å². The summed E-state index contributed by atoms with van der Waals surface area (Å²) >= 11 is 0. The van der Waals surface area contributed by atoms with E-state index < -0.39 is 0 Å². The molecule has 2 heterocycles. The van der Waals surface area contributed by atoms with Crippen LogP contribution in [-0.2, 0) is 13.5 Å². The third-order valence-electron chi connectivity index (χ3n) is 4.28. The molecule has 0 saturated carbocycles. The van der Waals surface area contributed by atoms with Crippen molar-refractivity contribution in [1.82, 2.24) is 19.7 Å². The summed E-state index contributed by atoms with van der Waals surface area (Å²) in [6.07, 6.45) is 1.72. The van der Waals surface area contributed by atoms with E-state index in [4.69, 9.17) is 10.5 Å². The molecular weight excluding hydrogens is 340 g/mol. The largest absolute Gasteiger partial charge is 0.493 e. The number of para-hydroxylation sites is 1. The second kappa shape index (κ2) is 8.53. The highest BCUT2D eigenvalue weighted by Gasteiger charge is 2.10. The highest BCUT2D eigenvalue weighted by Crippen LogP contribution is 2.21. The molecule has 0 aliphatic rings. The van der Waals surface area contributed by atoms with Gasteiger partial charge in [-0.05, 0) is 37.5 Å². The quantitative estimate of drug-likeness (QED) is 0.595. The van der Waals surface area contributed by atoms with E-state index in [0.29, 0.717) is 12.4 Å². The molecule has 3 rings (SSSR count). The van der Waals surface area contributed by atoms with E-state index >= 15 is 0 Å². The Balaban J connectivity index is 1.58. The zero-order chi connectivity index (χ0) is 19.2. The Morgan fingerprint density at radius 3 is 2.74 bits per heavy atom. The number of rotatable bonds is 8. The van der Waals surface area contributed by atoms with Gasteiger partial charge in [0.15, 0.2) is 0 Å². The highest BCUT2D eigenvalue weighted by molar-refractivity contribution is 5.61. The van der Waals surface area contributed by atoms with Crippen LogP contribution in [0, 0.1) is 6.92 Å². The Kier molecular flexibility index (Phi) is 5.90. The molecule has 0 aliphatic carbocycles. The van der Waals surface area contributed by atoms with Gasteiger partial charge in [0.2, 0.25) is 5.95 Å². The number of hydrogen-bond donors (Lipinski definition) is 2. The molecule has 0 radical (unpaired) electrons. The zero-order valence-electron chi connectivity index (χ0n) is 16.1. The first-order chi connectivity index (χ1) is 13.1. The van der Waals surface area contributed by atoms with E-state index in [9.17, 15) is 0 Å². The topological polar surface area (TPSA) is 90.9 Å². The van der Waals surface area contributed by atoms with Gasteiger partial charge in [-0.1, -0.05) is 25.1 Å². The fraction of sp³-hybridized carbons (Fsp3) is 0.350. The summed E-state index contributed by atoms with van der Waals surface area (Å²) in [6, 6.07) is 11.9. The van der Waals surface area contributed by atoms with Crippen molar-refractivity contribution in [3.63, 3.8) is 0 Å². The van der Waals surface area contributed by atoms with Crippen LogP contribution in [0.2, 0.25) is 0 Å². The average Bonchev–Trinajstić information content (AvgIpc) is 3.03. The standard InChI is InChI=1S/C20H26N6O/c1-4-15-12-17(26(3)25-15)16-13-19(24-20(21)23-16)22-10-7-11-27-18-9-6-5-8-14(18)2/h5-6,8-9,12-13H,4,7,10-11H2,1-3H3,(H3,21,22,23,24). The first kappa shape index (κ1) is 18.7. The highest BCUT2D eigenvalue weighted by atomic mass is 16.5. The molecule has 7 heteroatoms. The Labute approximate surface area is 159 Å². The van der Waals surface area contributed by atoms with Gasteiger partial charge in [0.1, 0.15) is 11.6 Å². The van der Waals surface area contributed by atoms with Crippen LogP contribution in [0.3, 0.4) is 0 Å². The number of nitrogens with zero attached hydrogens (tertiary/aromatic N) is 4. The van der Waals surface area contributed by atoms with E-state index in [0.717, 1.165) is 47.8 Å². The van der Waals surface area contributed by atoms with Crippen molar-refractivity contribution in [3.8, 4) is 17.1 Å². The minimum Gasteiger partial charge on any atom is -0.493 e. The number of aryl methyl sites for hydroxylation is 3. The van der Waals surface area contributed by atoms with Gasteiger partial charge in [0.05, 0.1) is 23.7 Å². The van der Waals surface area contributed by atoms with E-state index in [1.165, 1.54) is 0 Å². The fourth-order valence-electron chi connectivity index (χ4n) is 2.82. The van der Waals surface area contributed by atoms with Crippen molar-refractivity contribution in [1.29, 1.82) is 0 Å². The zero-order valence-corrected chi connectivity index (χ0v) is 16.1. The second-order valence-electron chi connectivity index (χ2n) is 6.39. The summed E-state index contributed by atoms with van der Waals surface area (Å²) in [5.74, 6) is 1.87. The van der Waals surface area contributed by atoms with Gasteiger partial charge in [-0.25, -0.2) is 4.98 Å². The Morgan fingerprint density at radius 1 is 1.19 bits per heavy atom. The molecule has 27 heavy (non-hydrogen) atoms. The number of hydrogen-bond acceptors (Lipinski definition) is 6. The van der Waals surface area contributed by atoms with E-state index in [-0.39, 0.29) is 5.95 Å². The Hall–Kier alpha value is -3.09. The van der Waals surface area contributed by atoms with E-state index in [1.807, 2.05) is 55.1 Å². The third kappa shape index (κ3) is 4.75. The summed E-state index contributed by atoms with van der Waals surface area (Å²) in [6.45, 7) is 5.48. The van der Waals surface area contributed by atoms with Gasteiger partial charge < -0.3 is 15.8 Å². The molecule has 0 saturated heterocycles. The minimum absolute atomic E-state index is 0.241. The Bertz CT molecular complexity index is 905. The predicted molar refractivity (Wildman–Crippen MR) is 108 cm³/mol. The molecule has 0 spiro atoms. The normalized spacial score (nSPS) is 10.8.